The molecule has 2 nitrogen and oxygen atoms in total. The van der Waals surface area contributed by atoms with Gasteiger partial charge in [0.15, 0.2) is 0 Å². The maximum absolute atomic E-state index is 11.8. The molecule has 1 heterocycles. The summed E-state index contributed by atoms with van der Waals surface area (Å²) in [5, 5.41) is 0.905. The number of rotatable bonds is 1. The van der Waals surface area contributed by atoms with E-state index in [2.05, 4.69) is 0 Å². The predicted molar refractivity (Wildman–Crippen MR) is 77.4 cm³/mol. The fraction of sp³-hybridized carbons (Fsp3) is 0.0909. The number of amides is 1. The van der Waals surface area contributed by atoms with Crippen molar-refractivity contribution in [2.45, 2.75) is 0 Å². The molecule has 17 heavy (non-hydrogen) atoms. The maximum Gasteiger partial charge on any atom is 0.265 e. The van der Waals surface area contributed by atoms with Gasteiger partial charge in [-0.1, -0.05) is 59.3 Å². The number of benzene rings is 1. The molecule has 0 atom stereocenters. The third-order valence-electron chi connectivity index (χ3n) is 2.25. The summed E-state index contributed by atoms with van der Waals surface area (Å²) in [7, 11) is 1.65. The van der Waals surface area contributed by atoms with Crippen LogP contribution in [-0.2, 0) is 4.79 Å². The SMILES string of the molecule is CN1C(=O)/C(=C\c2cccc(Cl)c2Cl)SC1=S. The Morgan fingerprint density at radius 2 is 2.12 bits per heavy atom. The molecule has 1 aliphatic rings. The van der Waals surface area contributed by atoms with Crippen LogP contribution in [-0.4, -0.2) is 22.2 Å². The molecule has 0 radical (unpaired) electrons. The first kappa shape index (κ1) is 12.9. The summed E-state index contributed by atoms with van der Waals surface area (Å²) in [6.45, 7) is 0. The van der Waals surface area contributed by atoms with Crippen LogP contribution in [0.3, 0.4) is 0 Å². The van der Waals surface area contributed by atoms with Gasteiger partial charge in [-0.2, -0.15) is 0 Å². The minimum Gasteiger partial charge on any atom is -0.296 e. The van der Waals surface area contributed by atoms with E-state index in [-0.39, 0.29) is 5.91 Å². The minimum atomic E-state index is -0.115. The van der Waals surface area contributed by atoms with E-state index in [4.69, 9.17) is 35.4 Å². The molecule has 1 fully saturated rings. The second-order valence-electron chi connectivity index (χ2n) is 3.38. The lowest BCUT2D eigenvalue weighted by atomic mass is 10.2. The van der Waals surface area contributed by atoms with Gasteiger partial charge in [0.05, 0.1) is 15.0 Å². The molecule has 2 rings (SSSR count). The first-order chi connectivity index (χ1) is 8.00. The third-order valence-corrected chi connectivity index (χ3v) is 4.57. The summed E-state index contributed by atoms with van der Waals surface area (Å²) < 4.78 is 0.541. The van der Waals surface area contributed by atoms with Gasteiger partial charge in [-0.3, -0.25) is 9.69 Å². The lowest BCUT2D eigenvalue weighted by molar-refractivity contribution is -0.121. The average Bonchev–Trinajstić information content (AvgIpc) is 2.53. The van der Waals surface area contributed by atoms with E-state index in [1.165, 1.54) is 16.7 Å². The van der Waals surface area contributed by atoms with Crippen LogP contribution in [0.4, 0.5) is 0 Å². The monoisotopic (exact) mass is 303 g/mol. The van der Waals surface area contributed by atoms with E-state index >= 15 is 0 Å². The predicted octanol–water partition coefficient (Wildman–Crippen LogP) is 3.82. The molecule has 0 aliphatic carbocycles. The largest absolute Gasteiger partial charge is 0.296 e. The highest BCUT2D eigenvalue weighted by Gasteiger charge is 2.28. The van der Waals surface area contributed by atoms with Crippen molar-refractivity contribution in [2.24, 2.45) is 0 Å². The van der Waals surface area contributed by atoms with E-state index in [9.17, 15) is 4.79 Å². The second kappa shape index (κ2) is 4.98. The number of hydrogen-bond donors (Lipinski definition) is 0. The highest BCUT2D eigenvalue weighted by atomic mass is 35.5. The van der Waals surface area contributed by atoms with Crippen LogP contribution < -0.4 is 0 Å². The zero-order chi connectivity index (χ0) is 12.6. The number of carbonyl (C=O) groups is 1. The number of likely N-dealkylation sites (N-methyl/N-ethyl adjacent to an activating group) is 1. The molecular weight excluding hydrogens is 297 g/mol. The molecule has 6 heteroatoms. The molecule has 0 bridgehead atoms. The molecule has 1 aromatic carbocycles. The van der Waals surface area contributed by atoms with Crippen LogP contribution in [0.1, 0.15) is 5.56 Å². The Labute approximate surface area is 119 Å². The lowest BCUT2D eigenvalue weighted by Gasteiger charge is -2.04. The number of thiocarbonyl (C=S) groups is 1. The van der Waals surface area contributed by atoms with Gasteiger partial charge in [0.1, 0.15) is 4.32 Å². The van der Waals surface area contributed by atoms with Gasteiger partial charge in [-0.15, -0.1) is 0 Å². The van der Waals surface area contributed by atoms with Crippen molar-refractivity contribution in [1.82, 2.24) is 4.90 Å². The zero-order valence-corrected chi connectivity index (χ0v) is 11.9. The highest BCUT2D eigenvalue weighted by Crippen LogP contribution is 2.34. The zero-order valence-electron chi connectivity index (χ0n) is 8.74. The smallest absolute Gasteiger partial charge is 0.265 e. The fourth-order valence-corrected chi connectivity index (χ4v) is 2.85. The van der Waals surface area contributed by atoms with Gasteiger partial charge in [-0.05, 0) is 17.7 Å². The van der Waals surface area contributed by atoms with Crippen molar-refractivity contribution in [3.05, 3.63) is 38.7 Å². The third kappa shape index (κ3) is 2.50. The van der Waals surface area contributed by atoms with Crippen molar-refractivity contribution >= 4 is 63.5 Å². The summed E-state index contributed by atoms with van der Waals surface area (Å²) in [5.74, 6) is -0.115. The standard InChI is InChI=1S/C11H7Cl2NOS2/c1-14-10(15)8(17-11(14)16)5-6-3-2-4-7(12)9(6)13/h2-5H,1H3/b8-5+. The van der Waals surface area contributed by atoms with Gasteiger partial charge in [0.2, 0.25) is 0 Å². The van der Waals surface area contributed by atoms with Crippen LogP contribution >= 0.6 is 47.2 Å². The number of carbonyl (C=O) groups excluding carboxylic acids is 1. The Kier molecular flexibility index (Phi) is 3.78. The second-order valence-corrected chi connectivity index (χ2v) is 5.84. The van der Waals surface area contributed by atoms with Crippen molar-refractivity contribution < 1.29 is 4.79 Å². The summed E-state index contributed by atoms with van der Waals surface area (Å²) in [4.78, 5) is 13.8. The van der Waals surface area contributed by atoms with Crippen LogP contribution in [0.5, 0.6) is 0 Å². The Balaban J connectivity index is 2.41. The molecule has 1 saturated heterocycles. The first-order valence-electron chi connectivity index (χ1n) is 4.66. The number of hydrogen-bond acceptors (Lipinski definition) is 3. The quantitative estimate of drug-likeness (QED) is 0.581. The Morgan fingerprint density at radius 3 is 2.71 bits per heavy atom. The lowest BCUT2D eigenvalue weighted by Crippen LogP contribution is -2.22. The fourth-order valence-electron chi connectivity index (χ4n) is 1.32. The first-order valence-corrected chi connectivity index (χ1v) is 6.64. The van der Waals surface area contributed by atoms with Gasteiger partial charge in [0.25, 0.3) is 5.91 Å². The molecule has 0 aromatic heterocycles. The molecular formula is C11H7Cl2NOS2. The highest BCUT2D eigenvalue weighted by molar-refractivity contribution is 8.26. The topological polar surface area (TPSA) is 20.3 Å². The molecule has 0 N–H and O–H groups in total. The number of nitrogens with zero attached hydrogens (tertiary/aromatic N) is 1. The molecule has 1 amide bonds. The van der Waals surface area contributed by atoms with E-state index in [0.717, 1.165) is 0 Å². The van der Waals surface area contributed by atoms with Crippen LogP contribution in [0.2, 0.25) is 10.0 Å². The molecule has 0 saturated carbocycles. The van der Waals surface area contributed by atoms with Crippen molar-refractivity contribution in [2.75, 3.05) is 7.05 Å². The normalized spacial score (nSPS) is 18.3. The Bertz CT molecular complexity index is 542. The van der Waals surface area contributed by atoms with Gasteiger partial charge in [0, 0.05) is 7.05 Å². The average molecular weight is 304 g/mol. The van der Waals surface area contributed by atoms with Gasteiger partial charge >= 0.3 is 0 Å². The minimum absolute atomic E-state index is 0.115. The maximum atomic E-state index is 11.8. The molecule has 1 aliphatic heterocycles. The van der Waals surface area contributed by atoms with E-state index in [0.29, 0.717) is 24.8 Å². The molecule has 88 valence electrons. The summed E-state index contributed by atoms with van der Waals surface area (Å²) in [5.41, 5.74) is 0.716. The number of halogens is 2. The van der Waals surface area contributed by atoms with Crippen LogP contribution in [0.25, 0.3) is 6.08 Å². The number of thioether (sulfide) groups is 1. The molecule has 0 spiro atoms. The van der Waals surface area contributed by atoms with Gasteiger partial charge < -0.3 is 0 Å². The Morgan fingerprint density at radius 1 is 1.41 bits per heavy atom. The van der Waals surface area contributed by atoms with Crippen molar-refractivity contribution in [3.8, 4) is 0 Å². The summed E-state index contributed by atoms with van der Waals surface area (Å²) in [6.07, 6.45) is 1.71. The van der Waals surface area contributed by atoms with E-state index in [1.807, 2.05) is 0 Å². The Hall–Kier alpha value is -0.550. The van der Waals surface area contributed by atoms with E-state index < -0.39 is 0 Å². The summed E-state index contributed by atoms with van der Waals surface area (Å²) in [6, 6.07) is 5.29. The molecule has 0 unspecified atom stereocenters. The van der Waals surface area contributed by atoms with E-state index in [1.54, 1.807) is 31.3 Å². The van der Waals surface area contributed by atoms with Crippen LogP contribution in [0.15, 0.2) is 23.1 Å². The van der Waals surface area contributed by atoms with Gasteiger partial charge in [-0.25, -0.2) is 0 Å². The molecule has 1 aromatic rings. The van der Waals surface area contributed by atoms with Crippen LogP contribution in [0, 0.1) is 0 Å². The van der Waals surface area contributed by atoms with Crippen molar-refractivity contribution in [1.29, 1.82) is 0 Å². The summed E-state index contributed by atoms with van der Waals surface area (Å²) >= 11 is 18.2. The van der Waals surface area contributed by atoms with Crippen molar-refractivity contribution in [3.63, 3.8) is 0 Å².